The highest BCUT2D eigenvalue weighted by molar-refractivity contribution is 5.65. The summed E-state index contributed by atoms with van der Waals surface area (Å²) in [5.74, 6) is -0.959. The highest BCUT2D eigenvalue weighted by Gasteiger charge is 2.32. The van der Waals surface area contributed by atoms with Crippen LogP contribution in [-0.2, 0) is 16.1 Å². The first-order chi connectivity index (χ1) is 16.5. The Bertz CT molecular complexity index is 967. The highest BCUT2D eigenvalue weighted by Crippen LogP contribution is 2.39. The van der Waals surface area contributed by atoms with Gasteiger partial charge in [-0.25, -0.2) is 17.6 Å². The summed E-state index contributed by atoms with van der Waals surface area (Å²) < 4.78 is 67.3. The third-order valence-corrected chi connectivity index (χ3v) is 7.31. The van der Waals surface area contributed by atoms with Crippen LogP contribution < -0.4 is 0 Å². The van der Waals surface area contributed by atoms with Crippen LogP contribution in [0.2, 0.25) is 0 Å². The minimum absolute atomic E-state index is 0.0168. The topological polar surface area (TPSA) is 18.5 Å². The Morgan fingerprint density at radius 2 is 1.56 bits per heavy atom. The fourth-order valence-electron chi connectivity index (χ4n) is 5.23. The average Bonchev–Trinajstić information content (AvgIpc) is 2.84. The zero-order chi connectivity index (χ0) is 24.1. The van der Waals surface area contributed by atoms with Gasteiger partial charge < -0.3 is 9.47 Å². The van der Waals surface area contributed by atoms with Crippen LogP contribution in [0.4, 0.5) is 17.6 Å². The fourth-order valence-corrected chi connectivity index (χ4v) is 5.23. The predicted octanol–water partition coefficient (Wildman–Crippen LogP) is 8.06. The van der Waals surface area contributed by atoms with Crippen molar-refractivity contribution in [3.05, 3.63) is 71.1 Å². The summed E-state index contributed by atoms with van der Waals surface area (Å²) >= 11 is 0. The SMILES string of the molecule is C/C=C/CCC1CCC(C2COC(c3ccc(-c4cc(F)c(CF)c(F)c4)c(F)c3)OC2)CC1. The van der Waals surface area contributed by atoms with E-state index >= 15 is 0 Å². The minimum Gasteiger partial charge on any atom is -0.348 e. The van der Waals surface area contributed by atoms with Gasteiger partial charge in [-0.1, -0.05) is 37.1 Å². The Balaban J connectivity index is 1.33. The van der Waals surface area contributed by atoms with E-state index in [-0.39, 0.29) is 11.1 Å². The lowest BCUT2D eigenvalue weighted by molar-refractivity contribution is -0.214. The summed E-state index contributed by atoms with van der Waals surface area (Å²) in [6.07, 6.45) is 11.0. The van der Waals surface area contributed by atoms with Gasteiger partial charge in [0.2, 0.25) is 0 Å². The molecule has 0 amide bonds. The highest BCUT2D eigenvalue weighted by atomic mass is 19.1. The molecule has 1 aliphatic heterocycles. The Morgan fingerprint density at radius 1 is 0.882 bits per heavy atom. The lowest BCUT2D eigenvalue weighted by Crippen LogP contribution is -2.34. The average molecular weight is 477 g/mol. The minimum atomic E-state index is -1.26. The Labute approximate surface area is 199 Å². The van der Waals surface area contributed by atoms with Crippen LogP contribution in [0.1, 0.15) is 62.9 Å². The zero-order valence-corrected chi connectivity index (χ0v) is 19.5. The molecule has 184 valence electrons. The molecule has 1 heterocycles. The summed E-state index contributed by atoms with van der Waals surface area (Å²) in [5, 5.41) is 0. The number of hydrogen-bond acceptors (Lipinski definition) is 2. The molecule has 34 heavy (non-hydrogen) atoms. The predicted molar refractivity (Wildman–Crippen MR) is 124 cm³/mol. The van der Waals surface area contributed by atoms with Crippen molar-refractivity contribution in [2.24, 2.45) is 17.8 Å². The second-order valence-corrected chi connectivity index (χ2v) is 9.48. The molecule has 1 saturated heterocycles. The number of ether oxygens (including phenoxy) is 2. The van der Waals surface area contributed by atoms with E-state index in [1.54, 1.807) is 6.07 Å². The van der Waals surface area contributed by atoms with E-state index in [0.29, 0.717) is 30.6 Å². The van der Waals surface area contributed by atoms with Crippen LogP contribution in [0.15, 0.2) is 42.5 Å². The lowest BCUT2D eigenvalue weighted by atomic mass is 9.75. The number of benzene rings is 2. The molecule has 0 atom stereocenters. The van der Waals surface area contributed by atoms with E-state index in [1.807, 2.05) is 0 Å². The molecule has 1 aliphatic carbocycles. The van der Waals surface area contributed by atoms with Crippen molar-refractivity contribution >= 4 is 0 Å². The van der Waals surface area contributed by atoms with Crippen LogP contribution in [0.3, 0.4) is 0 Å². The third-order valence-electron chi connectivity index (χ3n) is 7.31. The molecule has 0 aromatic heterocycles. The van der Waals surface area contributed by atoms with Crippen molar-refractivity contribution in [1.29, 1.82) is 0 Å². The monoisotopic (exact) mass is 476 g/mol. The van der Waals surface area contributed by atoms with Gasteiger partial charge in [-0.3, -0.25) is 0 Å². The van der Waals surface area contributed by atoms with Crippen LogP contribution >= 0.6 is 0 Å². The normalized spacial score (nSPS) is 25.7. The molecule has 6 heteroatoms. The summed E-state index contributed by atoms with van der Waals surface area (Å²) in [6.45, 7) is 1.95. The number of hydrogen-bond donors (Lipinski definition) is 0. The van der Waals surface area contributed by atoms with Gasteiger partial charge in [-0.2, -0.15) is 0 Å². The van der Waals surface area contributed by atoms with Gasteiger partial charge in [0.25, 0.3) is 0 Å². The first-order valence-electron chi connectivity index (χ1n) is 12.2. The largest absolute Gasteiger partial charge is 0.348 e. The molecular weight excluding hydrogens is 444 g/mol. The zero-order valence-electron chi connectivity index (χ0n) is 19.5. The quantitative estimate of drug-likeness (QED) is 0.297. The fraction of sp³-hybridized carbons (Fsp3) is 0.500. The second kappa shape index (κ2) is 11.5. The van der Waals surface area contributed by atoms with Crippen molar-refractivity contribution in [2.75, 3.05) is 13.2 Å². The van der Waals surface area contributed by atoms with Crippen LogP contribution in [0.25, 0.3) is 11.1 Å². The van der Waals surface area contributed by atoms with Crippen LogP contribution in [0.5, 0.6) is 0 Å². The maximum Gasteiger partial charge on any atom is 0.183 e. The number of alkyl halides is 1. The van der Waals surface area contributed by atoms with Gasteiger partial charge in [-0.15, -0.1) is 0 Å². The van der Waals surface area contributed by atoms with E-state index in [9.17, 15) is 17.6 Å². The van der Waals surface area contributed by atoms with Gasteiger partial charge in [0.1, 0.15) is 24.1 Å². The maximum absolute atomic E-state index is 14.8. The molecular formula is C28H32F4O2. The molecule has 2 aromatic rings. The van der Waals surface area contributed by atoms with Gasteiger partial charge in [0.15, 0.2) is 6.29 Å². The molecule has 0 radical (unpaired) electrons. The van der Waals surface area contributed by atoms with E-state index in [2.05, 4.69) is 19.1 Å². The summed E-state index contributed by atoms with van der Waals surface area (Å²) in [6, 6.07) is 6.25. The first kappa shape index (κ1) is 24.9. The van der Waals surface area contributed by atoms with Gasteiger partial charge in [-0.05, 0) is 68.2 Å². The Kier molecular flexibility index (Phi) is 8.43. The Hall–Kier alpha value is -2.18. The summed E-state index contributed by atoms with van der Waals surface area (Å²) in [7, 11) is 0. The molecule has 2 nitrogen and oxygen atoms in total. The number of halogens is 4. The van der Waals surface area contributed by atoms with Crippen molar-refractivity contribution in [2.45, 2.75) is 58.4 Å². The second-order valence-electron chi connectivity index (χ2n) is 9.48. The maximum atomic E-state index is 14.8. The molecule has 2 aliphatic rings. The van der Waals surface area contributed by atoms with Crippen molar-refractivity contribution in [1.82, 2.24) is 0 Å². The van der Waals surface area contributed by atoms with Crippen molar-refractivity contribution in [3.8, 4) is 11.1 Å². The molecule has 2 aromatic carbocycles. The van der Waals surface area contributed by atoms with Crippen molar-refractivity contribution in [3.63, 3.8) is 0 Å². The number of rotatable bonds is 7. The molecule has 0 bridgehead atoms. The van der Waals surface area contributed by atoms with E-state index < -0.39 is 36.0 Å². The van der Waals surface area contributed by atoms with Crippen molar-refractivity contribution < 1.29 is 27.0 Å². The van der Waals surface area contributed by atoms with Gasteiger partial charge in [0, 0.05) is 17.0 Å². The van der Waals surface area contributed by atoms with Crippen LogP contribution in [0, 0.1) is 35.2 Å². The molecule has 2 fully saturated rings. The summed E-state index contributed by atoms with van der Waals surface area (Å²) in [5.41, 5.74) is -0.0786. The lowest BCUT2D eigenvalue weighted by Gasteiger charge is -2.37. The van der Waals surface area contributed by atoms with E-state index in [0.717, 1.165) is 24.5 Å². The Morgan fingerprint density at radius 3 is 2.15 bits per heavy atom. The molecule has 0 unspecified atom stereocenters. The standard InChI is InChI=1S/C28H32F4O2/c1-2-3-4-5-18-6-8-19(9-7-18)22-16-33-28(34-17-22)20-10-11-23(25(30)12-20)21-13-26(31)24(15-29)27(32)14-21/h2-3,10-14,18-19,22,28H,4-9,15-17H2,1H3/b3-2+. The van der Waals surface area contributed by atoms with E-state index in [1.165, 1.54) is 44.2 Å². The molecule has 0 N–H and O–H groups in total. The molecule has 4 rings (SSSR count). The van der Waals surface area contributed by atoms with E-state index in [4.69, 9.17) is 9.47 Å². The van der Waals surface area contributed by atoms with Crippen LogP contribution in [-0.4, -0.2) is 13.2 Å². The third kappa shape index (κ3) is 5.72. The smallest absolute Gasteiger partial charge is 0.183 e. The number of allylic oxidation sites excluding steroid dienone is 2. The van der Waals surface area contributed by atoms with Gasteiger partial charge >= 0.3 is 0 Å². The first-order valence-corrected chi connectivity index (χ1v) is 12.2. The molecule has 1 saturated carbocycles. The summed E-state index contributed by atoms with van der Waals surface area (Å²) in [4.78, 5) is 0. The molecule has 0 spiro atoms. The van der Waals surface area contributed by atoms with Gasteiger partial charge in [0.05, 0.1) is 18.8 Å².